The Morgan fingerprint density at radius 3 is 2.63 bits per heavy atom. The molecule has 0 saturated heterocycles. The van der Waals surface area contributed by atoms with Crippen molar-refractivity contribution in [1.82, 2.24) is 4.90 Å². The largest absolute Gasteiger partial charge is 0.329 e. The lowest BCUT2D eigenvalue weighted by Crippen LogP contribution is -2.33. The van der Waals surface area contributed by atoms with Crippen LogP contribution in [0, 0.1) is 12.8 Å². The molecule has 1 aromatic rings. The Kier molecular flexibility index (Phi) is 5.43. The van der Waals surface area contributed by atoms with Gasteiger partial charge in [0.25, 0.3) is 0 Å². The molecule has 19 heavy (non-hydrogen) atoms. The van der Waals surface area contributed by atoms with E-state index >= 15 is 0 Å². The highest BCUT2D eigenvalue weighted by Gasteiger charge is 2.22. The number of nitrogens with two attached hydrogens (primary N) is 1. The monoisotopic (exact) mass is 324 g/mol. The molecule has 1 aromatic carbocycles. The van der Waals surface area contributed by atoms with Crippen LogP contribution in [0.15, 0.2) is 22.7 Å². The van der Waals surface area contributed by atoms with Gasteiger partial charge in [-0.25, -0.2) is 0 Å². The van der Waals surface area contributed by atoms with Crippen molar-refractivity contribution in [1.29, 1.82) is 0 Å². The zero-order valence-corrected chi connectivity index (χ0v) is 13.6. The maximum atomic E-state index is 6.01. The molecule has 1 aliphatic carbocycles. The van der Waals surface area contributed by atoms with E-state index in [0.29, 0.717) is 12.6 Å². The molecule has 0 spiro atoms. The van der Waals surface area contributed by atoms with Crippen LogP contribution in [0.3, 0.4) is 0 Å². The van der Waals surface area contributed by atoms with E-state index < -0.39 is 0 Å². The van der Waals surface area contributed by atoms with Gasteiger partial charge in [-0.1, -0.05) is 40.9 Å². The summed E-state index contributed by atoms with van der Waals surface area (Å²) >= 11 is 3.62. The summed E-state index contributed by atoms with van der Waals surface area (Å²) in [6.07, 6.45) is 5.59. The van der Waals surface area contributed by atoms with E-state index in [2.05, 4.69) is 53.0 Å². The van der Waals surface area contributed by atoms with E-state index in [9.17, 15) is 0 Å². The second-order valence-corrected chi connectivity index (χ2v) is 6.70. The first kappa shape index (κ1) is 15.0. The van der Waals surface area contributed by atoms with Gasteiger partial charge in [0.1, 0.15) is 0 Å². The standard InChI is InChI=1S/C16H25BrN2/c1-12-7-8-14(9-15(12)17)16(10-18)19(2)11-13-5-3-4-6-13/h7-9,13,16H,3-6,10-11,18H2,1-2H3. The number of hydrogen-bond acceptors (Lipinski definition) is 2. The van der Waals surface area contributed by atoms with Crippen molar-refractivity contribution in [3.63, 3.8) is 0 Å². The van der Waals surface area contributed by atoms with Gasteiger partial charge in [0.15, 0.2) is 0 Å². The van der Waals surface area contributed by atoms with Gasteiger partial charge in [0, 0.05) is 23.6 Å². The number of halogens is 1. The predicted molar refractivity (Wildman–Crippen MR) is 85.3 cm³/mol. The maximum Gasteiger partial charge on any atom is 0.0467 e. The first-order chi connectivity index (χ1) is 9.11. The number of rotatable bonds is 5. The van der Waals surface area contributed by atoms with Crippen LogP contribution in [-0.2, 0) is 0 Å². The summed E-state index contributed by atoms with van der Waals surface area (Å²) in [4.78, 5) is 2.44. The fourth-order valence-electron chi connectivity index (χ4n) is 3.11. The maximum absolute atomic E-state index is 6.01. The Hall–Kier alpha value is -0.380. The normalized spacial score (nSPS) is 18.2. The summed E-state index contributed by atoms with van der Waals surface area (Å²) < 4.78 is 1.18. The lowest BCUT2D eigenvalue weighted by Gasteiger charge is -2.30. The minimum absolute atomic E-state index is 0.331. The van der Waals surface area contributed by atoms with Crippen LogP contribution in [0.1, 0.15) is 42.9 Å². The van der Waals surface area contributed by atoms with Crippen molar-refractivity contribution < 1.29 is 0 Å². The molecule has 0 radical (unpaired) electrons. The highest BCUT2D eigenvalue weighted by Crippen LogP contribution is 2.29. The molecule has 106 valence electrons. The number of aryl methyl sites for hydroxylation is 1. The third-order valence-corrected chi connectivity index (χ3v) is 5.21. The summed E-state index contributed by atoms with van der Waals surface area (Å²) in [7, 11) is 2.21. The summed E-state index contributed by atoms with van der Waals surface area (Å²) in [5, 5.41) is 0. The molecule has 1 atom stereocenters. The van der Waals surface area contributed by atoms with Gasteiger partial charge < -0.3 is 5.73 Å². The lowest BCUT2D eigenvalue weighted by molar-refractivity contribution is 0.212. The zero-order chi connectivity index (χ0) is 13.8. The Labute approximate surface area is 125 Å². The Bertz CT molecular complexity index is 413. The molecule has 1 saturated carbocycles. The molecule has 0 bridgehead atoms. The fourth-order valence-corrected chi connectivity index (χ4v) is 3.51. The second-order valence-electron chi connectivity index (χ2n) is 5.85. The predicted octanol–water partition coefficient (Wildman–Crippen LogP) is 3.88. The summed E-state index contributed by atoms with van der Waals surface area (Å²) in [5.41, 5.74) is 8.61. The van der Waals surface area contributed by atoms with Gasteiger partial charge in [0.2, 0.25) is 0 Å². The minimum atomic E-state index is 0.331. The summed E-state index contributed by atoms with van der Waals surface area (Å²) in [5.74, 6) is 0.868. The SMILES string of the molecule is Cc1ccc(C(CN)N(C)CC2CCCC2)cc1Br. The molecular formula is C16H25BrN2. The van der Waals surface area contributed by atoms with E-state index in [0.717, 1.165) is 5.92 Å². The molecule has 2 N–H and O–H groups in total. The van der Waals surface area contributed by atoms with Gasteiger partial charge in [-0.2, -0.15) is 0 Å². The Morgan fingerprint density at radius 2 is 2.05 bits per heavy atom. The van der Waals surface area contributed by atoms with Gasteiger partial charge in [-0.15, -0.1) is 0 Å². The van der Waals surface area contributed by atoms with Gasteiger partial charge in [-0.3, -0.25) is 4.90 Å². The molecule has 1 unspecified atom stereocenters. The van der Waals surface area contributed by atoms with E-state index in [4.69, 9.17) is 5.73 Å². The van der Waals surface area contributed by atoms with Crippen LogP contribution < -0.4 is 5.73 Å². The van der Waals surface area contributed by atoms with E-state index in [1.165, 1.54) is 47.8 Å². The molecule has 0 aromatic heterocycles. The highest BCUT2D eigenvalue weighted by molar-refractivity contribution is 9.10. The average molecular weight is 325 g/mol. The molecular weight excluding hydrogens is 300 g/mol. The second kappa shape index (κ2) is 6.87. The van der Waals surface area contributed by atoms with Crippen molar-refractivity contribution in [2.24, 2.45) is 11.7 Å². The van der Waals surface area contributed by atoms with Crippen molar-refractivity contribution in [2.75, 3.05) is 20.1 Å². The van der Waals surface area contributed by atoms with Crippen molar-refractivity contribution in [3.8, 4) is 0 Å². The fraction of sp³-hybridized carbons (Fsp3) is 0.625. The molecule has 1 aliphatic rings. The van der Waals surface area contributed by atoms with Gasteiger partial charge >= 0.3 is 0 Å². The summed E-state index contributed by atoms with van der Waals surface area (Å²) in [6, 6.07) is 6.93. The Balaban J connectivity index is 2.06. The Morgan fingerprint density at radius 1 is 1.37 bits per heavy atom. The van der Waals surface area contributed by atoms with Crippen molar-refractivity contribution >= 4 is 15.9 Å². The smallest absolute Gasteiger partial charge is 0.0467 e. The molecule has 1 fully saturated rings. The first-order valence-corrected chi connectivity index (χ1v) is 8.07. The van der Waals surface area contributed by atoms with Crippen LogP contribution in [0.5, 0.6) is 0 Å². The summed E-state index contributed by atoms with van der Waals surface area (Å²) in [6.45, 7) is 3.97. The quantitative estimate of drug-likeness (QED) is 0.890. The molecule has 0 amide bonds. The number of likely N-dealkylation sites (N-methyl/N-ethyl adjacent to an activating group) is 1. The van der Waals surface area contributed by atoms with Crippen molar-refractivity contribution in [3.05, 3.63) is 33.8 Å². The topological polar surface area (TPSA) is 29.3 Å². The average Bonchev–Trinajstić information content (AvgIpc) is 2.87. The number of benzene rings is 1. The molecule has 2 nitrogen and oxygen atoms in total. The van der Waals surface area contributed by atoms with Crippen LogP contribution in [0.25, 0.3) is 0 Å². The van der Waals surface area contributed by atoms with Crippen LogP contribution in [0.4, 0.5) is 0 Å². The first-order valence-electron chi connectivity index (χ1n) is 7.28. The van der Waals surface area contributed by atoms with Crippen molar-refractivity contribution in [2.45, 2.75) is 38.6 Å². The number of hydrogen-bond donors (Lipinski definition) is 1. The van der Waals surface area contributed by atoms with E-state index in [1.807, 2.05) is 0 Å². The molecule has 3 heteroatoms. The lowest BCUT2D eigenvalue weighted by atomic mass is 10.0. The minimum Gasteiger partial charge on any atom is -0.329 e. The van der Waals surface area contributed by atoms with E-state index in [1.54, 1.807) is 0 Å². The number of nitrogens with zero attached hydrogens (tertiary/aromatic N) is 1. The van der Waals surface area contributed by atoms with E-state index in [-0.39, 0.29) is 0 Å². The van der Waals surface area contributed by atoms with Crippen LogP contribution in [0.2, 0.25) is 0 Å². The van der Waals surface area contributed by atoms with Crippen LogP contribution in [-0.4, -0.2) is 25.0 Å². The van der Waals surface area contributed by atoms with Gasteiger partial charge in [-0.05, 0) is 49.9 Å². The highest BCUT2D eigenvalue weighted by atomic mass is 79.9. The molecule has 0 heterocycles. The third kappa shape index (κ3) is 3.80. The van der Waals surface area contributed by atoms with Crippen LogP contribution >= 0.6 is 15.9 Å². The zero-order valence-electron chi connectivity index (χ0n) is 12.0. The van der Waals surface area contributed by atoms with Gasteiger partial charge in [0.05, 0.1) is 0 Å². The molecule has 0 aliphatic heterocycles. The molecule has 2 rings (SSSR count). The third-order valence-electron chi connectivity index (χ3n) is 4.36.